The van der Waals surface area contributed by atoms with Crippen LogP contribution < -0.4 is 14.5 Å². The van der Waals surface area contributed by atoms with Crippen molar-refractivity contribution in [2.24, 2.45) is 0 Å². The predicted octanol–water partition coefficient (Wildman–Crippen LogP) is 4.68. The minimum Gasteiger partial charge on any atom is -0.355 e. The van der Waals surface area contributed by atoms with E-state index >= 15 is 0 Å². The van der Waals surface area contributed by atoms with Gasteiger partial charge in [0, 0.05) is 32.4 Å². The number of rotatable bonds is 5. The van der Waals surface area contributed by atoms with Gasteiger partial charge in [0.15, 0.2) is 0 Å². The lowest BCUT2D eigenvalue weighted by molar-refractivity contribution is -0.137. The number of alkyl halides is 3. The van der Waals surface area contributed by atoms with Gasteiger partial charge in [-0.1, -0.05) is 11.6 Å². The highest BCUT2D eigenvalue weighted by molar-refractivity contribution is 7.92. The highest BCUT2D eigenvalue weighted by Crippen LogP contribution is 2.30. The van der Waals surface area contributed by atoms with Gasteiger partial charge in [-0.25, -0.2) is 22.8 Å². The van der Waals surface area contributed by atoms with Gasteiger partial charge in [-0.3, -0.25) is 4.72 Å². The number of halogens is 5. The Hall–Kier alpha value is -3.63. The number of hydrogen-bond donors (Lipinski definition) is 1. The molecule has 0 unspecified atom stereocenters. The van der Waals surface area contributed by atoms with Crippen LogP contribution in [0.4, 0.5) is 34.9 Å². The van der Waals surface area contributed by atoms with Gasteiger partial charge in [-0.2, -0.15) is 18.4 Å². The van der Waals surface area contributed by atoms with E-state index in [4.69, 9.17) is 11.6 Å². The maximum atomic E-state index is 13.4. The van der Waals surface area contributed by atoms with Crippen molar-refractivity contribution in [2.75, 3.05) is 40.7 Å². The normalized spacial score (nSPS) is 14.7. The lowest BCUT2D eigenvalue weighted by Crippen LogP contribution is -2.32. The Bertz CT molecular complexity index is 1450. The molecule has 0 radical (unpaired) electrons. The molecule has 1 aliphatic heterocycles. The van der Waals surface area contributed by atoms with E-state index < -0.39 is 27.6 Å². The first-order valence-corrected chi connectivity index (χ1v) is 12.8. The Morgan fingerprint density at radius 2 is 1.73 bits per heavy atom. The molecule has 0 amide bonds. The van der Waals surface area contributed by atoms with Crippen LogP contribution >= 0.6 is 11.6 Å². The summed E-state index contributed by atoms with van der Waals surface area (Å²) >= 11 is 5.68. The number of pyridine rings is 2. The van der Waals surface area contributed by atoms with Crippen LogP contribution in [0.1, 0.15) is 17.5 Å². The molecule has 14 heteroatoms. The predicted molar refractivity (Wildman–Crippen MR) is 129 cm³/mol. The summed E-state index contributed by atoms with van der Waals surface area (Å²) in [4.78, 5) is 11.7. The third kappa shape index (κ3) is 6.03. The highest BCUT2D eigenvalue weighted by Gasteiger charge is 2.31. The van der Waals surface area contributed by atoms with Gasteiger partial charge in [-0.05, 0) is 42.8 Å². The Morgan fingerprint density at radius 3 is 2.38 bits per heavy atom. The first-order valence-electron chi connectivity index (χ1n) is 10.9. The second kappa shape index (κ2) is 10.4. The molecule has 194 valence electrons. The van der Waals surface area contributed by atoms with Crippen LogP contribution in [-0.4, -0.2) is 44.6 Å². The van der Waals surface area contributed by atoms with Crippen molar-refractivity contribution in [3.05, 3.63) is 70.8 Å². The number of nitrogens with zero attached hydrogens (tertiary/aromatic N) is 5. The molecule has 0 bridgehead atoms. The Labute approximate surface area is 215 Å². The van der Waals surface area contributed by atoms with Gasteiger partial charge in [0.2, 0.25) is 0 Å². The van der Waals surface area contributed by atoms with Crippen molar-refractivity contribution in [3.8, 4) is 6.07 Å². The quantitative estimate of drug-likeness (QED) is 0.457. The lowest BCUT2D eigenvalue weighted by Gasteiger charge is -2.24. The summed E-state index contributed by atoms with van der Waals surface area (Å²) in [5.74, 6) is -0.00464. The van der Waals surface area contributed by atoms with Crippen molar-refractivity contribution in [1.82, 2.24) is 9.97 Å². The molecule has 8 nitrogen and oxygen atoms in total. The molecule has 37 heavy (non-hydrogen) atoms. The van der Waals surface area contributed by atoms with Crippen molar-refractivity contribution < 1.29 is 26.0 Å². The molecule has 0 aliphatic carbocycles. The summed E-state index contributed by atoms with van der Waals surface area (Å²) in [7, 11) is -4.12. The minimum atomic E-state index is -4.47. The SMILES string of the molecule is N#Cc1cc(NS(=O)(=O)c2ccc(F)c(Cl)c2)cnc1N1CCCN(c2ccc(C(F)(F)F)cn2)CC1. The van der Waals surface area contributed by atoms with Crippen LogP contribution in [0.3, 0.4) is 0 Å². The molecular formula is C23H19ClF4N6O2S. The number of nitrogens with one attached hydrogen (secondary N) is 1. The van der Waals surface area contributed by atoms with Gasteiger partial charge >= 0.3 is 6.18 Å². The third-order valence-electron chi connectivity index (χ3n) is 5.64. The average Bonchev–Trinajstić information content (AvgIpc) is 3.11. The summed E-state index contributed by atoms with van der Waals surface area (Å²) in [6.45, 7) is 1.88. The van der Waals surface area contributed by atoms with Crippen molar-refractivity contribution in [1.29, 1.82) is 5.26 Å². The summed E-state index contributed by atoms with van der Waals surface area (Å²) in [6, 6.07) is 8.63. The van der Waals surface area contributed by atoms with Gasteiger partial charge in [0.05, 0.1) is 32.9 Å². The Morgan fingerprint density at radius 1 is 1.00 bits per heavy atom. The minimum absolute atomic E-state index is 0.0335. The number of anilines is 3. The van der Waals surface area contributed by atoms with Crippen molar-refractivity contribution in [2.45, 2.75) is 17.5 Å². The van der Waals surface area contributed by atoms with Gasteiger partial charge in [0.1, 0.15) is 23.5 Å². The first kappa shape index (κ1) is 26.4. The zero-order chi connectivity index (χ0) is 26.8. The maximum absolute atomic E-state index is 13.4. The van der Waals surface area contributed by atoms with E-state index in [1.807, 2.05) is 15.9 Å². The largest absolute Gasteiger partial charge is 0.417 e. The van der Waals surface area contributed by atoms with E-state index in [-0.39, 0.29) is 21.2 Å². The summed E-state index contributed by atoms with van der Waals surface area (Å²) < 4.78 is 79.5. The molecule has 0 atom stereocenters. The molecule has 1 aromatic carbocycles. The summed E-state index contributed by atoms with van der Waals surface area (Å²) in [6.07, 6.45) is -1.78. The van der Waals surface area contributed by atoms with Gasteiger partial charge < -0.3 is 9.80 Å². The second-order valence-electron chi connectivity index (χ2n) is 8.12. The van der Waals surface area contributed by atoms with Crippen LogP contribution in [0.25, 0.3) is 0 Å². The highest BCUT2D eigenvalue weighted by atomic mass is 35.5. The molecule has 1 saturated heterocycles. The number of sulfonamides is 1. The molecule has 4 rings (SSSR count). The fourth-order valence-corrected chi connectivity index (χ4v) is 5.11. The van der Waals surface area contributed by atoms with Gasteiger partial charge in [-0.15, -0.1) is 0 Å². The zero-order valence-electron chi connectivity index (χ0n) is 19.0. The molecule has 3 heterocycles. The molecule has 0 saturated carbocycles. The number of benzene rings is 1. The first-order chi connectivity index (χ1) is 17.5. The van der Waals surface area contributed by atoms with Crippen LogP contribution in [-0.2, 0) is 16.2 Å². The lowest BCUT2D eigenvalue weighted by atomic mass is 10.2. The standard InChI is InChI=1S/C23H19ClF4N6O2S/c24-19-11-18(3-4-20(19)25)37(35,36)32-17-10-15(12-29)22(31-14-17)34-7-1-6-33(8-9-34)21-5-2-16(13-30-21)23(26,27)28/h2-5,10-11,13-14,32H,1,6-9H2. The van der Waals surface area contributed by atoms with E-state index in [9.17, 15) is 31.2 Å². The molecule has 3 aromatic rings. The molecular weight excluding hydrogens is 536 g/mol. The van der Waals surface area contributed by atoms with Crippen LogP contribution in [0.15, 0.2) is 53.7 Å². The molecule has 1 aliphatic rings. The van der Waals surface area contributed by atoms with Crippen LogP contribution in [0, 0.1) is 17.1 Å². The Balaban J connectivity index is 1.49. The smallest absolute Gasteiger partial charge is 0.355 e. The van der Waals surface area contributed by atoms with E-state index in [1.165, 1.54) is 18.3 Å². The zero-order valence-corrected chi connectivity index (χ0v) is 20.6. The number of hydrogen-bond acceptors (Lipinski definition) is 7. The second-order valence-corrected chi connectivity index (χ2v) is 10.2. The fourth-order valence-electron chi connectivity index (χ4n) is 3.80. The number of nitriles is 1. The summed E-state index contributed by atoms with van der Waals surface area (Å²) in [5.41, 5.74) is -0.668. The van der Waals surface area contributed by atoms with Gasteiger partial charge in [0.25, 0.3) is 10.0 Å². The van der Waals surface area contributed by atoms with E-state index in [2.05, 4.69) is 14.7 Å². The maximum Gasteiger partial charge on any atom is 0.417 e. The summed E-state index contributed by atoms with van der Waals surface area (Å²) in [5, 5.41) is 9.33. The molecule has 1 N–H and O–H groups in total. The Kier molecular flexibility index (Phi) is 7.42. The van der Waals surface area contributed by atoms with E-state index in [1.54, 1.807) is 0 Å². The molecule has 1 fully saturated rings. The molecule has 0 spiro atoms. The monoisotopic (exact) mass is 554 g/mol. The third-order valence-corrected chi connectivity index (χ3v) is 7.30. The van der Waals surface area contributed by atoms with Crippen LogP contribution in [0.5, 0.6) is 0 Å². The van der Waals surface area contributed by atoms with E-state index in [0.717, 1.165) is 30.5 Å². The van der Waals surface area contributed by atoms with Crippen molar-refractivity contribution in [3.63, 3.8) is 0 Å². The molecule has 2 aromatic heterocycles. The van der Waals surface area contributed by atoms with Crippen LogP contribution in [0.2, 0.25) is 5.02 Å². The van der Waals surface area contributed by atoms with E-state index in [0.29, 0.717) is 44.2 Å². The number of aromatic nitrogens is 2. The average molecular weight is 555 g/mol. The fraction of sp³-hybridized carbons (Fsp3) is 0.261. The topological polar surface area (TPSA) is 102 Å². The van der Waals surface area contributed by atoms with Crippen molar-refractivity contribution >= 4 is 38.9 Å².